The third kappa shape index (κ3) is 9.16. The van der Waals surface area contributed by atoms with Crippen molar-refractivity contribution in [3.63, 3.8) is 0 Å². The van der Waals surface area contributed by atoms with Gasteiger partial charge in [-0.25, -0.2) is 0 Å². The summed E-state index contributed by atoms with van der Waals surface area (Å²) in [6, 6.07) is 8.20. The summed E-state index contributed by atoms with van der Waals surface area (Å²) >= 11 is 0. The van der Waals surface area contributed by atoms with Gasteiger partial charge >= 0.3 is 0 Å². The zero-order valence-corrected chi connectivity index (χ0v) is 14.7. The van der Waals surface area contributed by atoms with E-state index in [4.69, 9.17) is 0 Å². The molecule has 2 N–H and O–H groups in total. The minimum absolute atomic E-state index is 0.00246. The molecule has 0 heterocycles. The van der Waals surface area contributed by atoms with Gasteiger partial charge in [0.05, 0.1) is 0 Å². The van der Waals surface area contributed by atoms with Gasteiger partial charge in [-0.05, 0) is 51.8 Å². The third-order valence-electron chi connectivity index (χ3n) is 2.81. The van der Waals surface area contributed by atoms with Crippen LogP contribution >= 0.6 is 0 Å². The average molecular weight is 306 g/mol. The summed E-state index contributed by atoms with van der Waals surface area (Å²) in [5.41, 5.74) is 1.99. The molecule has 0 radical (unpaired) electrons. The minimum Gasteiger partial charge on any atom is -0.354 e. The molecule has 1 rings (SSSR count). The van der Waals surface area contributed by atoms with Crippen LogP contribution in [0.5, 0.6) is 0 Å². The molecule has 1 aromatic carbocycles. The minimum atomic E-state index is 0.00246. The number of aryl methyl sites for hydroxylation is 1. The Morgan fingerprint density at radius 2 is 1.41 bits per heavy atom. The molecule has 124 valence electrons. The van der Waals surface area contributed by atoms with E-state index < -0.39 is 0 Å². The fourth-order valence-electron chi connectivity index (χ4n) is 1.66. The number of hydrogen-bond donors (Lipinski definition) is 2. The van der Waals surface area contributed by atoms with Gasteiger partial charge in [-0.1, -0.05) is 26.0 Å². The molecule has 0 aliphatic rings. The summed E-state index contributed by atoms with van der Waals surface area (Å²) in [7, 11) is 0. The molecule has 4 nitrogen and oxygen atoms in total. The van der Waals surface area contributed by atoms with Crippen LogP contribution in [0.25, 0.3) is 0 Å². The van der Waals surface area contributed by atoms with Gasteiger partial charge in [-0.15, -0.1) is 0 Å². The number of carbonyl (C=O) groups is 2. The Morgan fingerprint density at radius 1 is 0.909 bits per heavy atom. The SMILES string of the molecule is CCC(=O)NC(C)C.CCc1ccc(C(=O)NC(C)C)cc1. The first kappa shape index (κ1) is 20.2. The Balaban J connectivity index is 0.000000472. The van der Waals surface area contributed by atoms with Crippen LogP contribution in [-0.4, -0.2) is 23.9 Å². The highest BCUT2D eigenvalue weighted by atomic mass is 16.2. The van der Waals surface area contributed by atoms with Crippen LogP contribution in [-0.2, 0) is 11.2 Å². The first-order valence-corrected chi connectivity index (χ1v) is 7.99. The first-order valence-electron chi connectivity index (χ1n) is 7.99. The lowest BCUT2D eigenvalue weighted by Crippen LogP contribution is -2.29. The Labute approximate surface area is 134 Å². The molecule has 0 spiro atoms. The fraction of sp³-hybridized carbons (Fsp3) is 0.556. The standard InChI is InChI=1S/C12H17NO.C6H13NO/c1-4-10-5-7-11(8-6-10)12(14)13-9(2)3;1-4-6(8)7-5(2)3/h5-9H,4H2,1-3H3,(H,13,14);5H,4H2,1-3H3,(H,7,8). The molecule has 4 heteroatoms. The lowest BCUT2D eigenvalue weighted by Gasteiger charge is -2.08. The van der Waals surface area contributed by atoms with Crippen molar-refractivity contribution < 1.29 is 9.59 Å². The van der Waals surface area contributed by atoms with Crippen LogP contribution in [0.1, 0.15) is 63.9 Å². The maximum Gasteiger partial charge on any atom is 0.251 e. The molecule has 0 bridgehead atoms. The number of hydrogen-bond acceptors (Lipinski definition) is 2. The number of rotatable bonds is 5. The van der Waals surface area contributed by atoms with Crippen LogP contribution in [0, 0.1) is 0 Å². The van der Waals surface area contributed by atoms with Gasteiger partial charge in [0.25, 0.3) is 5.91 Å². The summed E-state index contributed by atoms with van der Waals surface area (Å²) in [6.45, 7) is 11.8. The molecule has 0 unspecified atom stereocenters. The van der Waals surface area contributed by atoms with Gasteiger partial charge in [0.15, 0.2) is 0 Å². The van der Waals surface area contributed by atoms with Crippen LogP contribution in [0.3, 0.4) is 0 Å². The van der Waals surface area contributed by atoms with Gasteiger partial charge in [-0.2, -0.15) is 0 Å². The molecular weight excluding hydrogens is 276 g/mol. The Kier molecular flexibility index (Phi) is 9.92. The lowest BCUT2D eigenvalue weighted by atomic mass is 10.1. The normalized spacial score (nSPS) is 10.0. The molecule has 0 saturated heterocycles. The van der Waals surface area contributed by atoms with Crippen molar-refractivity contribution >= 4 is 11.8 Å². The summed E-state index contributed by atoms with van der Waals surface area (Å²) in [5.74, 6) is 0.127. The molecule has 0 atom stereocenters. The number of amides is 2. The highest BCUT2D eigenvalue weighted by molar-refractivity contribution is 5.94. The molecule has 0 aromatic heterocycles. The highest BCUT2D eigenvalue weighted by Crippen LogP contribution is 2.05. The zero-order chi connectivity index (χ0) is 17.1. The Morgan fingerprint density at radius 3 is 1.73 bits per heavy atom. The topological polar surface area (TPSA) is 58.2 Å². The first-order chi connectivity index (χ1) is 10.3. The van der Waals surface area contributed by atoms with E-state index in [1.807, 2.05) is 58.9 Å². The molecule has 1 aromatic rings. The summed E-state index contributed by atoms with van der Waals surface area (Å²) in [4.78, 5) is 22.1. The predicted octanol–water partition coefficient (Wildman–Crippen LogP) is 3.31. The third-order valence-corrected chi connectivity index (χ3v) is 2.81. The second-order valence-electron chi connectivity index (χ2n) is 5.75. The summed E-state index contributed by atoms with van der Waals surface area (Å²) in [5, 5.41) is 5.61. The quantitative estimate of drug-likeness (QED) is 0.877. The second kappa shape index (κ2) is 10.8. The van der Waals surface area contributed by atoms with Gasteiger partial charge in [-0.3, -0.25) is 9.59 Å². The van der Waals surface area contributed by atoms with E-state index in [9.17, 15) is 9.59 Å². The molecule has 0 saturated carbocycles. The molecule has 0 aliphatic heterocycles. The molecule has 0 aliphatic carbocycles. The van der Waals surface area contributed by atoms with E-state index in [-0.39, 0.29) is 23.9 Å². The van der Waals surface area contributed by atoms with Crippen molar-refractivity contribution in [2.45, 2.75) is 66.5 Å². The van der Waals surface area contributed by atoms with Crippen molar-refractivity contribution in [1.29, 1.82) is 0 Å². The van der Waals surface area contributed by atoms with Crippen LogP contribution in [0.4, 0.5) is 0 Å². The number of nitrogens with one attached hydrogen (secondary N) is 2. The fourth-order valence-corrected chi connectivity index (χ4v) is 1.66. The largest absolute Gasteiger partial charge is 0.354 e. The van der Waals surface area contributed by atoms with E-state index in [1.54, 1.807) is 0 Å². The summed E-state index contributed by atoms with van der Waals surface area (Å²) in [6.07, 6.45) is 1.59. The molecule has 2 amide bonds. The van der Waals surface area contributed by atoms with E-state index in [0.29, 0.717) is 6.42 Å². The van der Waals surface area contributed by atoms with Gasteiger partial charge < -0.3 is 10.6 Å². The highest BCUT2D eigenvalue weighted by Gasteiger charge is 2.05. The lowest BCUT2D eigenvalue weighted by molar-refractivity contribution is -0.121. The van der Waals surface area contributed by atoms with Crippen LogP contribution in [0.2, 0.25) is 0 Å². The van der Waals surface area contributed by atoms with Crippen molar-refractivity contribution in [2.75, 3.05) is 0 Å². The van der Waals surface area contributed by atoms with Crippen molar-refractivity contribution in [3.8, 4) is 0 Å². The number of benzene rings is 1. The van der Waals surface area contributed by atoms with E-state index in [1.165, 1.54) is 5.56 Å². The second-order valence-corrected chi connectivity index (χ2v) is 5.75. The van der Waals surface area contributed by atoms with Crippen molar-refractivity contribution in [2.24, 2.45) is 0 Å². The van der Waals surface area contributed by atoms with Crippen molar-refractivity contribution in [3.05, 3.63) is 35.4 Å². The van der Waals surface area contributed by atoms with Gasteiger partial charge in [0, 0.05) is 24.1 Å². The Bertz CT molecular complexity index is 451. The van der Waals surface area contributed by atoms with E-state index >= 15 is 0 Å². The maximum atomic E-state index is 11.5. The van der Waals surface area contributed by atoms with E-state index in [0.717, 1.165) is 12.0 Å². The maximum absolute atomic E-state index is 11.5. The number of carbonyl (C=O) groups excluding carboxylic acids is 2. The van der Waals surface area contributed by atoms with E-state index in [2.05, 4.69) is 17.6 Å². The molecular formula is C18H30N2O2. The predicted molar refractivity (Wildman–Crippen MR) is 92.0 cm³/mol. The Hall–Kier alpha value is -1.84. The smallest absolute Gasteiger partial charge is 0.251 e. The zero-order valence-electron chi connectivity index (χ0n) is 14.7. The van der Waals surface area contributed by atoms with Crippen LogP contribution in [0.15, 0.2) is 24.3 Å². The van der Waals surface area contributed by atoms with Gasteiger partial charge in [0.1, 0.15) is 0 Å². The molecule has 22 heavy (non-hydrogen) atoms. The van der Waals surface area contributed by atoms with Gasteiger partial charge in [0.2, 0.25) is 5.91 Å². The summed E-state index contributed by atoms with van der Waals surface area (Å²) < 4.78 is 0. The van der Waals surface area contributed by atoms with Crippen LogP contribution < -0.4 is 10.6 Å². The monoisotopic (exact) mass is 306 g/mol. The molecule has 0 fully saturated rings. The van der Waals surface area contributed by atoms with Crippen molar-refractivity contribution in [1.82, 2.24) is 10.6 Å². The average Bonchev–Trinajstić information content (AvgIpc) is 2.46.